The van der Waals surface area contributed by atoms with E-state index in [4.69, 9.17) is 4.74 Å². The average Bonchev–Trinajstić information content (AvgIpc) is 3.47. The zero-order valence-corrected chi connectivity index (χ0v) is 22.1. The Kier molecular flexibility index (Phi) is 9.25. The number of urea groups is 1. The first-order chi connectivity index (χ1) is 18.4. The van der Waals surface area contributed by atoms with Crippen molar-refractivity contribution < 1.29 is 24.2 Å². The van der Waals surface area contributed by atoms with E-state index in [1.165, 1.54) is 6.42 Å². The molecule has 4 N–H and O–H groups in total. The van der Waals surface area contributed by atoms with Gasteiger partial charge in [-0.25, -0.2) is 9.78 Å². The molecule has 0 spiro atoms. The van der Waals surface area contributed by atoms with Crippen LogP contribution in [-0.4, -0.2) is 70.7 Å². The number of nitrogens with one attached hydrogen (secondary N) is 3. The van der Waals surface area contributed by atoms with Crippen LogP contribution in [0.2, 0.25) is 0 Å². The Morgan fingerprint density at radius 1 is 1.16 bits per heavy atom. The summed E-state index contributed by atoms with van der Waals surface area (Å²) < 4.78 is 5.23. The van der Waals surface area contributed by atoms with E-state index in [1.807, 2.05) is 24.3 Å². The first-order valence-electron chi connectivity index (χ1n) is 13.6. The van der Waals surface area contributed by atoms with E-state index >= 15 is 0 Å². The van der Waals surface area contributed by atoms with Crippen LogP contribution in [0.5, 0.6) is 5.75 Å². The maximum Gasteiger partial charge on any atom is 0.315 e. The van der Waals surface area contributed by atoms with E-state index in [-0.39, 0.29) is 11.8 Å². The van der Waals surface area contributed by atoms with Gasteiger partial charge in [0, 0.05) is 38.7 Å². The number of carboxylic acid groups (broad SMARTS) is 1. The Morgan fingerprint density at radius 3 is 2.47 bits per heavy atom. The highest BCUT2D eigenvalue weighted by Crippen LogP contribution is 2.46. The van der Waals surface area contributed by atoms with Gasteiger partial charge >= 0.3 is 12.0 Å². The minimum absolute atomic E-state index is 0.166. The van der Waals surface area contributed by atoms with Crippen LogP contribution in [0, 0.1) is 11.3 Å². The molecule has 2 heterocycles. The van der Waals surface area contributed by atoms with Crippen LogP contribution in [0.15, 0.2) is 36.8 Å². The number of rotatable bonds is 10. The smallest absolute Gasteiger partial charge is 0.315 e. The molecule has 2 aliphatic rings. The van der Waals surface area contributed by atoms with Crippen LogP contribution in [0.3, 0.4) is 0 Å². The molecule has 1 saturated heterocycles. The van der Waals surface area contributed by atoms with Gasteiger partial charge in [0.25, 0.3) is 0 Å². The fourth-order valence-corrected chi connectivity index (χ4v) is 5.94. The lowest BCUT2D eigenvalue weighted by molar-refractivity contribution is -0.160. The number of hydrogen-bond acceptors (Lipinski definition) is 5. The number of nitrogens with zero attached hydrogens (tertiary/aromatic N) is 2. The van der Waals surface area contributed by atoms with Crippen LogP contribution in [0.1, 0.15) is 56.2 Å². The summed E-state index contributed by atoms with van der Waals surface area (Å²) in [6, 6.07) is 6.21. The molecule has 10 nitrogen and oxygen atoms in total. The standard InChI is InChI=1S/C28H39N5O5/c1-38-23-9-7-20(8-10-23)17-24(32-27(37)30-14-11-22-18-29-19-31-22)25(34)33-15-12-28(13-16-33,26(35)36)21-5-3-2-4-6-21/h7-10,18-19,21,24H,2-6,11-17H2,1H3,(H,29,31)(H,35,36)(H2,30,32,37). The lowest BCUT2D eigenvalue weighted by Gasteiger charge is -2.45. The third-order valence-corrected chi connectivity index (χ3v) is 8.20. The third kappa shape index (κ3) is 6.65. The van der Waals surface area contributed by atoms with E-state index in [9.17, 15) is 19.5 Å². The largest absolute Gasteiger partial charge is 0.497 e. The van der Waals surface area contributed by atoms with Gasteiger partial charge in [0.05, 0.1) is 24.5 Å². The molecule has 38 heavy (non-hydrogen) atoms. The summed E-state index contributed by atoms with van der Waals surface area (Å²) in [5.41, 5.74) is 0.962. The average molecular weight is 526 g/mol. The molecule has 1 aliphatic heterocycles. The molecule has 0 radical (unpaired) electrons. The van der Waals surface area contributed by atoms with Crippen molar-refractivity contribution in [1.29, 1.82) is 0 Å². The highest BCUT2D eigenvalue weighted by Gasteiger charge is 2.48. The quantitative estimate of drug-likeness (QED) is 0.376. The fraction of sp³-hybridized carbons (Fsp3) is 0.571. The Balaban J connectivity index is 1.41. The fourth-order valence-electron chi connectivity index (χ4n) is 5.94. The van der Waals surface area contributed by atoms with E-state index in [2.05, 4.69) is 20.6 Å². The van der Waals surface area contributed by atoms with E-state index in [0.29, 0.717) is 51.1 Å². The molecule has 2 fully saturated rings. The third-order valence-electron chi connectivity index (χ3n) is 8.20. The van der Waals surface area contributed by atoms with Gasteiger partial charge in [0.1, 0.15) is 11.8 Å². The van der Waals surface area contributed by atoms with Crippen molar-refractivity contribution in [3.8, 4) is 5.75 Å². The number of aromatic amines is 1. The number of amides is 3. The summed E-state index contributed by atoms with van der Waals surface area (Å²) in [5.74, 6) is -0.0458. The topological polar surface area (TPSA) is 137 Å². The van der Waals surface area contributed by atoms with Crippen molar-refractivity contribution in [2.75, 3.05) is 26.7 Å². The number of likely N-dealkylation sites (tertiary alicyclic amines) is 1. The molecule has 1 aliphatic carbocycles. The second-order valence-corrected chi connectivity index (χ2v) is 10.4. The number of hydrogen-bond donors (Lipinski definition) is 4. The number of aliphatic carboxylic acids is 1. The van der Waals surface area contributed by atoms with E-state index < -0.39 is 23.5 Å². The number of piperidine rings is 1. The van der Waals surface area contributed by atoms with Gasteiger partial charge in [0.2, 0.25) is 5.91 Å². The zero-order valence-electron chi connectivity index (χ0n) is 22.1. The van der Waals surface area contributed by atoms with Crippen molar-refractivity contribution in [3.05, 3.63) is 48.0 Å². The number of carbonyl (C=O) groups excluding carboxylic acids is 2. The molecule has 2 aromatic rings. The molecule has 206 valence electrons. The second-order valence-electron chi connectivity index (χ2n) is 10.4. The van der Waals surface area contributed by atoms with Crippen molar-refractivity contribution >= 4 is 17.9 Å². The first kappa shape index (κ1) is 27.5. The van der Waals surface area contributed by atoms with Crippen LogP contribution >= 0.6 is 0 Å². The number of H-pyrrole nitrogens is 1. The van der Waals surface area contributed by atoms with Gasteiger partial charge in [-0.15, -0.1) is 0 Å². The predicted octanol–water partition coefficient (Wildman–Crippen LogP) is 3.15. The summed E-state index contributed by atoms with van der Waals surface area (Å²) >= 11 is 0. The van der Waals surface area contributed by atoms with Gasteiger partial charge in [-0.05, 0) is 49.3 Å². The molecule has 1 aromatic heterocycles. The summed E-state index contributed by atoms with van der Waals surface area (Å²) in [6.07, 6.45) is 10.4. The molecular formula is C28H39N5O5. The van der Waals surface area contributed by atoms with Crippen LogP contribution in [0.25, 0.3) is 0 Å². The molecule has 3 amide bonds. The SMILES string of the molecule is COc1ccc(CC(NC(=O)NCCc2c[nH]cn2)C(=O)N2CCC(C(=O)O)(C3CCCCC3)CC2)cc1. The predicted molar refractivity (Wildman–Crippen MR) is 142 cm³/mol. The molecular weight excluding hydrogens is 486 g/mol. The molecule has 4 rings (SSSR count). The molecule has 1 saturated carbocycles. The Bertz CT molecular complexity index is 1060. The van der Waals surface area contributed by atoms with Crippen molar-refractivity contribution in [1.82, 2.24) is 25.5 Å². The van der Waals surface area contributed by atoms with Crippen molar-refractivity contribution in [2.24, 2.45) is 11.3 Å². The van der Waals surface area contributed by atoms with Crippen LogP contribution < -0.4 is 15.4 Å². The van der Waals surface area contributed by atoms with Crippen LogP contribution in [-0.2, 0) is 22.4 Å². The second kappa shape index (κ2) is 12.8. The molecule has 1 aromatic carbocycles. The number of imidazole rings is 1. The summed E-state index contributed by atoms with van der Waals surface area (Å²) in [6.45, 7) is 1.14. The maximum atomic E-state index is 13.7. The number of aromatic nitrogens is 2. The summed E-state index contributed by atoms with van der Waals surface area (Å²) in [7, 11) is 1.59. The molecule has 1 unspecified atom stereocenters. The van der Waals surface area contributed by atoms with Gasteiger partial charge in [-0.3, -0.25) is 9.59 Å². The number of methoxy groups -OCH3 is 1. The highest BCUT2D eigenvalue weighted by molar-refractivity contribution is 5.87. The van der Waals surface area contributed by atoms with Crippen molar-refractivity contribution in [3.63, 3.8) is 0 Å². The minimum Gasteiger partial charge on any atom is -0.497 e. The maximum absolute atomic E-state index is 13.7. The lowest BCUT2D eigenvalue weighted by Crippen LogP contribution is -2.56. The van der Waals surface area contributed by atoms with Gasteiger partial charge < -0.3 is 30.4 Å². The minimum atomic E-state index is -0.777. The molecule has 0 bridgehead atoms. The van der Waals surface area contributed by atoms with E-state index in [0.717, 1.165) is 36.9 Å². The lowest BCUT2D eigenvalue weighted by atomic mass is 9.64. The summed E-state index contributed by atoms with van der Waals surface area (Å²) in [4.78, 5) is 47.6. The van der Waals surface area contributed by atoms with Crippen molar-refractivity contribution in [2.45, 2.75) is 63.8 Å². The monoisotopic (exact) mass is 525 g/mol. The Morgan fingerprint density at radius 2 is 1.87 bits per heavy atom. The number of carboxylic acids is 1. The number of benzene rings is 1. The highest BCUT2D eigenvalue weighted by atomic mass is 16.5. The normalized spacial score (nSPS) is 18.4. The summed E-state index contributed by atoms with van der Waals surface area (Å²) in [5, 5.41) is 15.9. The van der Waals surface area contributed by atoms with Gasteiger partial charge in [-0.2, -0.15) is 0 Å². The Labute approximate surface area is 223 Å². The first-order valence-corrected chi connectivity index (χ1v) is 13.6. The zero-order chi connectivity index (χ0) is 27.0. The Hall–Kier alpha value is -3.56. The van der Waals surface area contributed by atoms with Gasteiger partial charge in [-0.1, -0.05) is 31.4 Å². The van der Waals surface area contributed by atoms with E-state index in [1.54, 1.807) is 24.5 Å². The molecule has 10 heteroatoms. The van der Waals surface area contributed by atoms with Gasteiger partial charge in [0.15, 0.2) is 0 Å². The number of carbonyl (C=O) groups is 3. The number of ether oxygens (including phenoxy) is 1. The molecule has 1 atom stereocenters. The van der Waals surface area contributed by atoms with Crippen LogP contribution in [0.4, 0.5) is 4.79 Å².